The van der Waals surface area contributed by atoms with Crippen LogP contribution in [0.5, 0.6) is 0 Å². The molecule has 156 valence electrons. The van der Waals surface area contributed by atoms with Gasteiger partial charge in [-0.15, -0.1) is 0 Å². The summed E-state index contributed by atoms with van der Waals surface area (Å²) in [7, 11) is 1.48. The minimum absolute atomic E-state index is 0.0557. The molecule has 29 heavy (non-hydrogen) atoms. The molecular formula is C19H21F3N4O3. The van der Waals surface area contributed by atoms with E-state index in [9.17, 15) is 27.6 Å². The first-order valence-corrected chi connectivity index (χ1v) is 9.16. The summed E-state index contributed by atoms with van der Waals surface area (Å²) in [6.45, 7) is 2.14. The van der Waals surface area contributed by atoms with Gasteiger partial charge in [0.05, 0.1) is 29.4 Å². The number of rotatable bonds is 5. The van der Waals surface area contributed by atoms with Gasteiger partial charge in [0.15, 0.2) is 0 Å². The molecule has 0 radical (unpaired) electrons. The Morgan fingerprint density at radius 2 is 1.97 bits per heavy atom. The summed E-state index contributed by atoms with van der Waals surface area (Å²) < 4.78 is 40.6. The quantitative estimate of drug-likeness (QED) is 0.779. The van der Waals surface area contributed by atoms with Crippen molar-refractivity contribution in [2.75, 3.05) is 26.7 Å². The molecule has 1 atom stereocenters. The Balaban J connectivity index is 2.02. The van der Waals surface area contributed by atoms with Crippen LogP contribution in [0.1, 0.15) is 30.5 Å². The number of hydrogen-bond acceptors (Lipinski definition) is 3. The Bertz CT molecular complexity index is 882. The van der Waals surface area contributed by atoms with E-state index in [4.69, 9.17) is 0 Å². The first kappa shape index (κ1) is 20.7. The van der Waals surface area contributed by atoms with Crippen molar-refractivity contribution in [2.45, 2.75) is 25.6 Å². The van der Waals surface area contributed by atoms with Gasteiger partial charge in [-0.2, -0.15) is 13.2 Å². The van der Waals surface area contributed by atoms with Crippen molar-refractivity contribution in [3.8, 4) is 0 Å². The van der Waals surface area contributed by atoms with E-state index in [-0.39, 0.29) is 43.1 Å². The zero-order valence-corrected chi connectivity index (χ0v) is 16.0. The van der Waals surface area contributed by atoms with E-state index in [2.05, 4.69) is 10.6 Å². The van der Waals surface area contributed by atoms with E-state index < -0.39 is 29.7 Å². The van der Waals surface area contributed by atoms with E-state index in [1.807, 2.05) is 0 Å². The van der Waals surface area contributed by atoms with Gasteiger partial charge in [0.25, 0.3) is 5.91 Å². The van der Waals surface area contributed by atoms with Gasteiger partial charge in [0.2, 0.25) is 5.91 Å². The van der Waals surface area contributed by atoms with Crippen molar-refractivity contribution in [2.24, 2.45) is 0 Å². The molecule has 1 aromatic rings. The van der Waals surface area contributed by atoms with Crippen molar-refractivity contribution < 1.29 is 27.6 Å². The molecule has 2 aliphatic heterocycles. The van der Waals surface area contributed by atoms with E-state index >= 15 is 0 Å². The van der Waals surface area contributed by atoms with Crippen LogP contribution in [0.25, 0.3) is 0 Å². The summed E-state index contributed by atoms with van der Waals surface area (Å²) in [4.78, 5) is 39.8. The molecule has 10 heteroatoms. The predicted octanol–water partition coefficient (Wildman–Crippen LogP) is 2.02. The van der Waals surface area contributed by atoms with Crippen LogP contribution in [0.3, 0.4) is 0 Å². The second-order valence-corrected chi connectivity index (χ2v) is 6.72. The van der Waals surface area contributed by atoms with Crippen LogP contribution < -0.4 is 10.6 Å². The molecule has 7 nitrogen and oxygen atoms in total. The fourth-order valence-electron chi connectivity index (χ4n) is 3.67. The largest absolute Gasteiger partial charge is 0.416 e. The van der Waals surface area contributed by atoms with Crippen molar-refractivity contribution in [1.82, 2.24) is 20.4 Å². The lowest BCUT2D eigenvalue weighted by Gasteiger charge is -2.33. The first-order valence-electron chi connectivity index (χ1n) is 9.16. The third kappa shape index (κ3) is 3.79. The monoisotopic (exact) mass is 410 g/mol. The van der Waals surface area contributed by atoms with Crippen LogP contribution >= 0.6 is 0 Å². The van der Waals surface area contributed by atoms with E-state index in [0.717, 1.165) is 6.07 Å². The zero-order valence-electron chi connectivity index (χ0n) is 16.0. The zero-order chi connectivity index (χ0) is 21.3. The fourth-order valence-corrected chi connectivity index (χ4v) is 3.67. The minimum atomic E-state index is -4.63. The summed E-state index contributed by atoms with van der Waals surface area (Å²) in [5.41, 5.74) is -0.600. The number of hydrogen-bond donors (Lipinski definition) is 2. The van der Waals surface area contributed by atoms with Gasteiger partial charge in [-0.05, 0) is 18.6 Å². The molecule has 2 N–H and O–H groups in total. The second kappa shape index (κ2) is 7.76. The standard InChI is InChI=1S/C19H21F3N4O3/c1-3-26-13-10-25(9-8-14(27)23-2)17(28)15(13)16(24-18(26)29)11-6-4-5-7-12(11)19(20,21)22/h4-7,16H,3,8-10H2,1-2H3,(H,23,27)(H,24,29)/t16-/m0/s1. The average molecular weight is 410 g/mol. The van der Waals surface area contributed by atoms with Gasteiger partial charge >= 0.3 is 12.2 Å². The lowest BCUT2D eigenvalue weighted by Crippen LogP contribution is -2.47. The molecule has 3 rings (SSSR count). The first-order chi connectivity index (χ1) is 13.7. The third-order valence-electron chi connectivity index (χ3n) is 5.08. The summed E-state index contributed by atoms with van der Waals surface area (Å²) in [6.07, 6.45) is -4.58. The molecule has 0 unspecified atom stereocenters. The van der Waals surface area contributed by atoms with Gasteiger partial charge in [-0.1, -0.05) is 18.2 Å². The lowest BCUT2D eigenvalue weighted by atomic mass is 9.91. The molecule has 0 spiro atoms. The topological polar surface area (TPSA) is 81.8 Å². The third-order valence-corrected chi connectivity index (χ3v) is 5.08. The number of nitrogens with one attached hydrogen (secondary N) is 2. The van der Waals surface area contributed by atoms with E-state index in [0.29, 0.717) is 5.70 Å². The summed E-state index contributed by atoms with van der Waals surface area (Å²) in [5.74, 6) is -0.743. The predicted molar refractivity (Wildman–Crippen MR) is 97.4 cm³/mol. The molecule has 1 aromatic carbocycles. The number of carbonyl (C=O) groups is 3. The normalized spacial score (nSPS) is 19.4. The van der Waals surface area contributed by atoms with Crippen LogP contribution in [0.15, 0.2) is 35.5 Å². The Hall–Kier alpha value is -3.04. The minimum Gasteiger partial charge on any atom is -0.359 e. The molecule has 0 aromatic heterocycles. The fraction of sp³-hybridized carbons (Fsp3) is 0.421. The highest BCUT2D eigenvalue weighted by molar-refractivity contribution is 6.01. The highest BCUT2D eigenvalue weighted by Gasteiger charge is 2.46. The van der Waals surface area contributed by atoms with Crippen LogP contribution in [-0.2, 0) is 15.8 Å². The lowest BCUT2D eigenvalue weighted by molar-refractivity contribution is -0.138. The van der Waals surface area contributed by atoms with Crippen molar-refractivity contribution in [3.63, 3.8) is 0 Å². The number of likely N-dealkylation sites (N-methyl/N-ethyl adjacent to an activating group) is 1. The molecule has 0 bridgehead atoms. The maximum absolute atomic E-state index is 13.5. The number of amides is 4. The van der Waals surface area contributed by atoms with Crippen molar-refractivity contribution in [1.29, 1.82) is 0 Å². The molecule has 2 heterocycles. The Labute approximate surface area is 165 Å². The summed E-state index contributed by atoms with van der Waals surface area (Å²) >= 11 is 0. The maximum atomic E-state index is 13.5. The van der Waals surface area contributed by atoms with Crippen LogP contribution in [0, 0.1) is 0 Å². The van der Waals surface area contributed by atoms with E-state index in [1.54, 1.807) is 6.92 Å². The number of alkyl halides is 3. The maximum Gasteiger partial charge on any atom is 0.416 e. The highest BCUT2D eigenvalue weighted by Crippen LogP contribution is 2.41. The van der Waals surface area contributed by atoms with Gasteiger partial charge in [-0.25, -0.2) is 4.79 Å². The number of urea groups is 1. The number of halogens is 3. The SMILES string of the molecule is CCN1C(=O)N[C@@H](c2ccccc2C(F)(F)F)C2=C1CN(CCC(=O)NC)C2=O. The molecular weight excluding hydrogens is 389 g/mol. The molecule has 0 fully saturated rings. The van der Waals surface area contributed by atoms with E-state index in [1.165, 1.54) is 35.0 Å². The van der Waals surface area contributed by atoms with Gasteiger partial charge in [0, 0.05) is 26.6 Å². The number of nitrogens with zero attached hydrogens (tertiary/aromatic N) is 2. The van der Waals surface area contributed by atoms with Gasteiger partial charge in [0.1, 0.15) is 0 Å². The molecule has 4 amide bonds. The smallest absolute Gasteiger partial charge is 0.359 e. The number of benzene rings is 1. The molecule has 2 aliphatic rings. The van der Waals surface area contributed by atoms with Crippen LogP contribution in [-0.4, -0.2) is 54.3 Å². The summed E-state index contributed by atoms with van der Waals surface area (Å²) in [5, 5.41) is 5.01. The Kier molecular flexibility index (Phi) is 5.54. The van der Waals surface area contributed by atoms with Gasteiger partial charge in [-0.3, -0.25) is 14.5 Å². The molecule has 0 aliphatic carbocycles. The number of carbonyl (C=O) groups excluding carboxylic acids is 3. The van der Waals surface area contributed by atoms with Crippen LogP contribution in [0.4, 0.5) is 18.0 Å². The highest BCUT2D eigenvalue weighted by atomic mass is 19.4. The molecule has 0 saturated carbocycles. The second-order valence-electron chi connectivity index (χ2n) is 6.72. The van der Waals surface area contributed by atoms with Crippen molar-refractivity contribution >= 4 is 17.8 Å². The van der Waals surface area contributed by atoms with Crippen LogP contribution in [0.2, 0.25) is 0 Å². The Morgan fingerprint density at radius 3 is 2.59 bits per heavy atom. The molecule has 0 saturated heterocycles. The summed E-state index contributed by atoms with van der Waals surface area (Å²) in [6, 6.07) is 3.12. The Morgan fingerprint density at radius 1 is 1.28 bits per heavy atom. The van der Waals surface area contributed by atoms with Gasteiger partial charge < -0.3 is 15.5 Å². The average Bonchev–Trinajstić information content (AvgIpc) is 3.01. The van der Waals surface area contributed by atoms with Crippen molar-refractivity contribution in [3.05, 3.63) is 46.7 Å².